The maximum Gasteiger partial charge on any atom is 0.340 e. The lowest BCUT2D eigenvalue weighted by Gasteiger charge is -2.02. The minimum absolute atomic E-state index is 0.0722. The second kappa shape index (κ2) is 5.02. The van der Waals surface area contributed by atoms with Gasteiger partial charge in [0.2, 0.25) is 10.0 Å². The van der Waals surface area contributed by atoms with Gasteiger partial charge < -0.3 is 0 Å². The average Bonchev–Trinajstić information content (AvgIpc) is 2.82. The molecular formula is C7H6Cl2N4O3S2. The summed E-state index contributed by atoms with van der Waals surface area (Å²) in [6, 6.07) is 1.25. The third kappa shape index (κ3) is 2.93. The van der Waals surface area contributed by atoms with E-state index in [0.717, 1.165) is 11.3 Å². The fourth-order valence-electron chi connectivity index (χ4n) is 1.14. The quantitative estimate of drug-likeness (QED) is 0.776. The third-order valence-electron chi connectivity index (χ3n) is 1.89. The summed E-state index contributed by atoms with van der Waals surface area (Å²) in [4.78, 5) is 13.0. The number of aromatic nitrogens is 3. The second-order valence-corrected chi connectivity index (χ2v) is 7.16. The Labute approximate surface area is 115 Å². The Kier molecular flexibility index (Phi) is 3.78. The fraction of sp³-hybridized carbons (Fsp3) is 0.143. The van der Waals surface area contributed by atoms with Gasteiger partial charge in [0, 0.05) is 0 Å². The SMILES string of the molecule is O=c1[nH]nc(CNS(=O)(=O)c2cc(Cl)sc2Cl)[nH]1. The van der Waals surface area contributed by atoms with Gasteiger partial charge >= 0.3 is 5.69 Å². The molecule has 98 valence electrons. The summed E-state index contributed by atoms with van der Waals surface area (Å²) in [6.45, 7) is -0.162. The largest absolute Gasteiger partial charge is 0.340 e. The van der Waals surface area contributed by atoms with Crippen molar-refractivity contribution < 1.29 is 8.42 Å². The number of nitrogens with zero attached hydrogens (tertiary/aromatic N) is 1. The Morgan fingerprint density at radius 1 is 1.44 bits per heavy atom. The Morgan fingerprint density at radius 3 is 2.67 bits per heavy atom. The van der Waals surface area contributed by atoms with Gasteiger partial charge in [-0.1, -0.05) is 23.2 Å². The van der Waals surface area contributed by atoms with E-state index in [0.29, 0.717) is 0 Å². The lowest BCUT2D eigenvalue weighted by Crippen LogP contribution is -2.23. The van der Waals surface area contributed by atoms with Crippen molar-refractivity contribution in [2.24, 2.45) is 0 Å². The molecular weight excluding hydrogens is 323 g/mol. The average molecular weight is 329 g/mol. The standard InChI is InChI=1S/C7H6Cl2N4O3S2/c8-4-1-3(6(9)17-4)18(15,16)10-2-5-11-7(14)13-12-5/h1,10H,2H2,(H2,11,12,13,14). The number of thiophene rings is 1. The number of hydrogen-bond donors (Lipinski definition) is 3. The van der Waals surface area contributed by atoms with Crippen LogP contribution in [0.3, 0.4) is 0 Å². The maximum absolute atomic E-state index is 11.9. The van der Waals surface area contributed by atoms with Crippen molar-refractivity contribution in [2.45, 2.75) is 11.4 Å². The van der Waals surface area contributed by atoms with Crippen LogP contribution in [-0.2, 0) is 16.6 Å². The molecule has 2 heterocycles. The first-order valence-corrected chi connectivity index (χ1v) is 7.52. The van der Waals surface area contributed by atoms with E-state index >= 15 is 0 Å². The molecule has 3 N–H and O–H groups in total. The summed E-state index contributed by atoms with van der Waals surface area (Å²) in [5.41, 5.74) is -0.513. The smallest absolute Gasteiger partial charge is 0.292 e. The molecule has 0 aliphatic heterocycles. The molecule has 0 radical (unpaired) electrons. The number of nitrogens with one attached hydrogen (secondary N) is 3. The van der Waals surface area contributed by atoms with Gasteiger partial charge in [0.25, 0.3) is 0 Å². The van der Waals surface area contributed by atoms with Crippen LogP contribution in [0, 0.1) is 0 Å². The molecule has 11 heteroatoms. The summed E-state index contributed by atoms with van der Waals surface area (Å²) < 4.78 is 26.3. The highest BCUT2D eigenvalue weighted by Crippen LogP contribution is 2.34. The van der Waals surface area contributed by atoms with Crippen LogP contribution < -0.4 is 10.4 Å². The molecule has 2 aromatic heterocycles. The summed E-state index contributed by atoms with van der Waals surface area (Å²) >= 11 is 12.4. The normalized spacial score (nSPS) is 11.9. The Balaban J connectivity index is 2.17. The summed E-state index contributed by atoms with van der Waals surface area (Å²) in [7, 11) is -3.79. The maximum atomic E-state index is 11.9. The van der Waals surface area contributed by atoms with Crippen molar-refractivity contribution in [3.8, 4) is 0 Å². The topological polar surface area (TPSA) is 108 Å². The molecule has 0 aliphatic carbocycles. The van der Waals surface area contributed by atoms with Crippen LogP contribution in [-0.4, -0.2) is 23.6 Å². The van der Waals surface area contributed by atoms with Crippen LogP contribution in [0.1, 0.15) is 5.82 Å². The molecule has 0 bridgehead atoms. The number of rotatable bonds is 4. The lowest BCUT2D eigenvalue weighted by molar-refractivity contribution is 0.580. The highest BCUT2D eigenvalue weighted by Gasteiger charge is 2.21. The molecule has 0 amide bonds. The molecule has 0 saturated heterocycles. The molecule has 0 fully saturated rings. The highest BCUT2D eigenvalue weighted by atomic mass is 35.5. The van der Waals surface area contributed by atoms with Crippen molar-refractivity contribution in [3.63, 3.8) is 0 Å². The van der Waals surface area contributed by atoms with Crippen molar-refractivity contribution in [1.82, 2.24) is 19.9 Å². The molecule has 0 atom stereocenters. The molecule has 0 unspecified atom stereocenters. The van der Waals surface area contributed by atoms with Crippen molar-refractivity contribution in [3.05, 3.63) is 31.0 Å². The first-order valence-electron chi connectivity index (χ1n) is 4.46. The number of aromatic amines is 2. The molecule has 2 aromatic rings. The van der Waals surface area contributed by atoms with E-state index in [9.17, 15) is 13.2 Å². The number of H-pyrrole nitrogens is 2. The first-order chi connectivity index (χ1) is 8.38. The zero-order chi connectivity index (χ0) is 13.3. The Hall–Kier alpha value is -0.870. The third-order valence-corrected chi connectivity index (χ3v) is 5.05. The summed E-state index contributed by atoms with van der Waals surface area (Å²) in [5.74, 6) is 0.168. The van der Waals surface area contributed by atoms with Crippen molar-refractivity contribution in [1.29, 1.82) is 0 Å². The van der Waals surface area contributed by atoms with E-state index in [1.807, 2.05) is 0 Å². The van der Waals surface area contributed by atoms with Gasteiger partial charge in [-0.25, -0.2) is 23.0 Å². The predicted octanol–water partition coefficient (Wildman–Crippen LogP) is 0.945. The highest BCUT2D eigenvalue weighted by molar-refractivity contribution is 7.89. The van der Waals surface area contributed by atoms with E-state index in [-0.39, 0.29) is 25.9 Å². The van der Waals surface area contributed by atoms with Crippen LogP contribution in [0.15, 0.2) is 15.8 Å². The van der Waals surface area contributed by atoms with Crippen molar-refractivity contribution >= 4 is 44.6 Å². The van der Waals surface area contributed by atoms with Crippen LogP contribution in [0.2, 0.25) is 8.67 Å². The van der Waals surface area contributed by atoms with E-state index in [1.54, 1.807) is 0 Å². The fourth-order valence-corrected chi connectivity index (χ4v) is 4.27. The monoisotopic (exact) mass is 328 g/mol. The van der Waals surface area contributed by atoms with Crippen LogP contribution in [0.25, 0.3) is 0 Å². The second-order valence-electron chi connectivity index (χ2n) is 3.14. The van der Waals surface area contributed by atoms with Gasteiger partial charge in [-0.05, 0) is 6.07 Å². The zero-order valence-corrected chi connectivity index (χ0v) is 11.7. The van der Waals surface area contributed by atoms with Crippen LogP contribution in [0.5, 0.6) is 0 Å². The molecule has 0 spiro atoms. The van der Waals surface area contributed by atoms with Crippen LogP contribution >= 0.6 is 34.5 Å². The molecule has 7 nitrogen and oxygen atoms in total. The van der Waals surface area contributed by atoms with Gasteiger partial charge in [-0.2, -0.15) is 5.10 Å². The van der Waals surface area contributed by atoms with E-state index in [4.69, 9.17) is 23.2 Å². The van der Waals surface area contributed by atoms with E-state index < -0.39 is 15.7 Å². The zero-order valence-electron chi connectivity index (χ0n) is 8.53. The minimum atomic E-state index is -3.79. The van der Waals surface area contributed by atoms with Gasteiger partial charge in [0.15, 0.2) is 0 Å². The lowest BCUT2D eigenvalue weighted by atomic mass is 10.6. The number of hydrogen-bond acceptors (Lipinski definition) is 5. The molecule has 0 aliphatic rings. The van der Waals surface area contributed by atoms with Crippen molar-refractivity contribution in [2.75, 3.05) is 0 Å². The van der Waals surface area contributed by atoms with Gasteiger partial charge in [-0.15, -0.1) is 11.3 Å². The molecule has 18 heavy (non-hydrogen) atoms. The number of sulfonamides is 1. The van der Waals surface area contributed by atoms with E-state index in [2.05, 4.69) is 19.9 Å². The molecule has 0 saturated carbocycles. The van der Waals surface area contributed by atoms with Crippen LogP contribution in [0.4, 0.5) is 0 Å². The first kappa shape index (κ1) is 13.6. The Morgan fingerprint density at radius 2 is 2.17 bits per heavy atom. The summed E-state index contributed by atoms with van der Waals surface area (Å²) in [6.07, 6.45) is 0. The van der Waals surface area contributed by atoms with Gasteiger partial charge in [-0.3, -0.25) is 4.98 Å². The van der Waals surface area contributed by atoms with Gasteiger partial charge in [0.1, 0.15) is 15.1 Å². The predicted molar refractivity (Wildman–Crippen MR) is 67.6 cm³/mol. The van der Waals surface area contributed by atoms with E-state index in [1.165, 1.54) is 6.07 Å². The Bertz CT molecular complexity index is 717. The summed E-state index contributed by atoms with van der Waals surface area (Å²) in [5, 5.41) is 5.68. The minimum Gasteiger partial charge on any atom is -0.292 e. The molecule has 0 aromatic carbocycles. The van der Waals surface area contributed by atoms with Gasteiger partial charge in [0.05, 0.1) is 10.9 Å². The number of halogens is 2. The molecule has 2 rings (SSSR count).